The molecule has 7 heteroatoms. The van der Waals surface area contributed by atoms with Crippen molar-refractivity contribution in [1.82, 2.24) is 10.6 Å². The van der Waals surface area contributed by atoms with Crippen LogP contribution in [0.25, 0.3) is 6.08 Å². The number of thioether (sulfide) groups is 1. The van der Waals surface area contributed by atoms with Crippen molar-refractivity contribution in [3.05, 3.63) is 69.6 Å². The van der Waals surface area contributed by atoms with Crippen LogP contribution in [0.1, 0.15) is 30.4 Å². The van der Waals surface area contributed by atoms with Gasteiger partial charge in [-0.3, -0.25) is 9.59 Å². The maximum Gasteiger partial charge on any atom is 0.257 e. The van der Waals surface area contributed by atoms with Gasteiger partial charge in [-0.2, -0.15) is 0 Å². The number of halogens is 1. The molecule has 162 valence electrons. The lowest BCUT2D eigenvalue weighted by Gasteiger charge is -2.39. The van der Waals surface area contributed by atoms with Crippen LogP contribution in [0.15, 0.2) is 53.4 Å². The molecule has 5 nitrogen and oxygen atoms in total. The van der Waals surface area contributed by atoms with Crippen LogP contribution in [0.4, 0.5) is 0 Å². The number of amides is 2. The Kier molecular flexibility index (Phi) is 6.88. The highest BCUT2D eigenvalue weighted by Gasteiger charge is 2.39. The van der Waals surface area contributed by atoms with E-state index in [1.54, 1.807) is 18.9 Å². The number of rotatable bonds is 5. The largest absolute Gasteiger partial charge is 0.497 e. The van der Waals surface area contributed by atoms with Crippen LogP contribution in [-0.4, -0.2) is 30.2 Å². The van der Waals surface area contributed by atoms with E-state index in [0.29, 0.717) is 22.9 Å². The van der Waals surface area contributed by atoms with Crippen molar-refractivity contribution >= 4 is 41.3 Å². The molecule has 1 saturated heterocycles. The Morgan fingerprint density at radius 1 is 1.26 bits per heavy atom. The van der Waals surface area contributed by atoms with Crippen LogP contribution < -0.4 is 15.4 Å². The van der Waals surface area contributed by atoms with Crippen LogP contribution >= 0.6 is 23.4 Å². The SMILES string of the molecule is COc1ccc(CNC(=O)C2CCC3S/C(=C/c4cccc(Cl)c4)C(=O)NC3C2)cc1. The summed E-state index contributed by atoms with van der Waals surface area (Å²) in [7, 11) is 1.63. The summed E-state index contributed by atoms with van der Waals surface area (Å²) in [4.78, 5) is 26.0. The Hall–Kier alpha value is -2.44. The van der Waals surface area contributed by atoms with Crippen molar-refractivity contribution in [3.8, 4) is 5.75 Å². The minimum absolute atomic E-state index is 0.0134. The van der Waals surface area contributed by atoms with Gasteiger partial charge in [-0.1, -0.05) is 35.9 Å². The topological polar surface area (TPSA) is 67.4 Å². The van der Waals surface area contributed by atoms with E-state index in [2.05, 4.69) is 10.6 Å². The van der Waals surface area contributed by atoms with Gasteiger partial charge in [0.15, 0.2) is 0 Å². The Morgan fingerprint density at radius 3 is 2.81 bits per heavy atom. The van der Waals surface area contributed by atoms with Crippen LogP contribution in [0.5, 0.6) is 5.75 Å². The predicted molar refractivity (Wildman–Crippen MR) is 125 cm³/mol. The lowest BCUT2D eigenvalue weighted by Crippen LogP contribution is -2.51. The van der Waals surface area contributed by atoms with Crippen LogP contribution in [0.3, 0.4) is 0 Å². The van der Waals surface area contributed by atoms with Gasteiger partial charge in [0.1, 0.15) is 5.75 Å². The van der Waals surface area contributed by atoms with Gasteiger partial charge in [0.25, 0.3) is 5.91 Å². The van der Waals surface area contributed by atoms with Gasteiger partial charge in [-0.05, 0) is 60.7 Å². The van der Waals surface area contributed by atoms with E-state index in [1.165, 1.54) is 0 Å². The summed E-state index contributed by atoms with van der Waals surface area (Å²) in [5.41, 5.74) is 1.94. The number of benzene rings is 2. The van der Waals surface area contributed by atoms with E-state index < -0.39 is 0 Å². The monoisotopic (exact) mass is 456 g/mol. The molecule has 2 amide bonds. The number of ether oxygens (including phenoxy) is 1. The fourth-order valence-electron chi connectivity index (χ4n) is 4.05. The van der Waals surface area contributed by atoms with E-state index in [9.17, 15) is 9.59 Å². The molecule has 2 aromatic carbocycles. The number of hydrogen-bond donors (Lipinski definition) is 2. The molecule has 4 rings (SSSR count). The highest BCUT2D eigenvalue weighted by Crippen LogP contribution is 2.40. The Bertz CT molecular complexity index is 993. The molecular weight excluding hydrogens is 432 g/mol. The molecule has 2 aromatic rings. The Morgan fingerprint density at radius 2 is 2.06 bits per heavy atom. The second-order valence-electron chi connectivity index (χ2n) is 7.88. The first-order valence-electron chi connectivity index (χ1n) is 10.4. The number of hydrogen-bond acceptors (Lipinski definition) is 4. The first-order chi connectivity index (χ1) is 15.0. The molecule has 2 N–H and O–H groups in total. The second kappa shape index (κ2) is 9.79. The highest BCUT2D eigenvalue weighted by atomic mass is 35.5. The quantitative estimate of drug-likeness (QED) is 0.654. The zero-order valence-corrected chi connectivity index (χ0v) is 18.8. The van der Waals surface area contributed by atoms with Gasteiger partial charge >= 0.3 is 0 Å². The molecule has 2 fully saturated rings. The number of fused-ring (bicyclic) bond motifs is 1. The zero-order valence-electron chi connectivity index (χ0n) is 17.3. The van der Waals surface area contributed by atoms with E-state index in [-0.39, 0.29) is 29.0 Å². The first-order valence-corrected chi connectivity index (χ1v) is 11.6. The molecule has 1 heterocycles. The number of carbonyl (C=O) groups excluding carboxylic acids is 2. The van der Waals surface area contributed by atoms with Crippen LogP contribution in [0, 0.1) is 5.92 Å². The summed E-state index contributed by atoms with van der Waals surface area (Å²) in [6, 6.07) is 15.1. The summed E-state index contributed by atoms with van der Waals surface area (Å²) < 4.78 is 5.16. The molecule has 1 aliphatic heterocycles. The molecular formula is C24H25ClN2O3S. The third-order valence-corrected chi connectivity index (χ3v) is 7.41. The maximum atomic E-state index is 12.7. The van der Waals surface area contributed by atoms with Crippen molar-refractivity contribution < 1.29 is 14.3 Å². The predicted octanol–water partition coefficient (Wildman–Crippen LogP) is 4.41. The fourth-order valence-corrected chi connectivity index (χ4v) is 5.55. The van der Waals surface area contributed by atoms with Gasteiger partial charge in [-0.15, -0.1) is 11.8 Å². The van der Waals surface area contributed by atoms with E-state index in [0.717, 1.165) is 29.7 Å². The molecule has 31 heavy (non-hydrogen) atoms. The molecule has 3 unspecified atom stereocenters. The molecule has 0 radical (unpaired) electrons. The van der Waals surface area contributed by atoms with E-state index in [4.69, 9.17) is 16.3 Å². The number of carbonyl (C=O) groups is 2. The van der Waals surface area contributed by atoms with Crippen LogP contribution in [-0.2, 0) is 16.1 Å². The summed E-state index contributed by atoms with van der Waals surface area (Å²) in [6.45, 7) is 0.487. The van der Waals surface area contributed by atoms with Crippen molar-refractivity contribution in [2.75, 3.05) is 7.11 Å². The fraction of sp³-hybridized carbons (Fsp3) is 0.333. The van der Waals surface area contributed by atoms with Gasteiger partial charge in [0.05, 0.1) is 12.0 Å². The Labute approximate surface area is 191 Å². The summed E-state index contributed by atoms with van der Waals surface area (Å²) in [6.07, 6.45) is 4.27. The number of methoxy groups -OCH3 is 1. The summed E-state index contributed by atoms with van der Waals surface area (Å²) in [5.74, 6) is 0.681. The summed E-state index contributed by atoms with van der Waals surface area (Å²) >= 11 is 7.67. The Balaban J connectivity index is 1.33. The molecule has 2 aliphatic rings. The van der Waals surface area contributed by atoms with Gasteiger partial charge < -0.3 is 15.4 Å². The average molecular weight is 457 g/mol. The molecule has 3 atom stereocenters. The van der Waals surface area contributed by atoms with Gasteiger partial charge in [-0.25, -0.2) is 0 Å². The zero-order chi connectivity index (χ0) is 21.8. The van der Waals surface area contributed by atoms with E-state index in [1.807, 2.05) is 54.6 Å². The lowest BCUT2D eigenvalue weighted by atomic mass is 9.84. The van der Waals surface area contributed by atoms with Crippen molar-refractivity contribution in [1.29, 1.82) is 0 Å². The summed E-state index contributed by atoms with van der Waals surface area (Å²) in [5, 5.41) is 7.09. The first kappa shape index (κ1) is 21.8. The normalized spacial score (nSPS) is 24.3. The van der Waals surface area contributed by atoms with E-state index >= 15 is 0 Å². The van der Waals surface area contributed by atoms with Crippen molar-refractivity contribution in [3.63, 3.8) is 0 Å². The van der Waals surface area contributed by atoms with Gasteiger partial charge in [0.2, 0.25) is 5.91 Å². The van der Waals surface area contributed by atoms with Crippen molar-refractivity contribution in [2.24, 2.45) is 5.92 Å². The molecule has 1 saturated carbocycles. The minimum Gasteiger partial charge on any atom is -0.497 e. The minimum atomic E-state index is -0.0844. The third-order valence-electron chi connectivity index (χ3n) is 5.75. The highest BCUT2D eigenvalue weighted by molar-refractivity contribution is 8.04. The third kappa shape index (κ3) is 5.43. The molecule has 0 aromatic heterocycles. The number of nitrogens with one attached hydrogen (secondary N) is 2. The molecule has 0 bridgehead atoms. The van der Waals surface area contributed by atoms with Crippen LogP contribution in [0.2, 0.25) is 5.02 Å². The lowest BCUT2D eigenvalue weighted by molar-refractivity contribution is -0.127. The van der Waals surface area contributed by atoms with Crippen molar-refractivity contribution in [2.45, 2.75) is 37.1 Å². The van der Waals surface area contributed by atoms with Gasteiger partial charge in [0, 0.05) is 28.8 Å². The molecule has 0 spiro atoms. The average Bonchev–Trinajstić information content (AvgIpc) is 2.78. The molecule has 1 aliphatic carbocycles. The second-order valence-corrected chi connectivity index (χ2v) is 9.59. The smallest absolute Gasteiger partial charge is 0.257 e. The standard InChI is InChI=1S/C24H25ClN2O3S/c1-30-19-8-5-15(6-9-19)14-26-23(28)17-7-10-21-20(13-17)27-24(29)22(31-21)12-16-3-2-4-18(25)11-16/h2-6,8-9,11-12,17,20-21H,7,10,13-14H2,1H3,(H,26,28)(H,27,29)/b22-12+. The maximum absolute atomic E-state index is 12.7.